The lowest BCUT2D eigenvalue weighted by atomic mass is 9.95. The van der Waals surface area contributed by atoms with Crippen molar-refractivity contribution in [3.8, 4) is 0 Å². The molecule has 0 radical (unpaired) electrons. The first-order valence-corrected chi connectivity index (χ1v) is 10.0. The second-order valence-electron chi connectivity index (χ2n) is 6.13. The lowest BCUT2D eigenvalue weighted by Crippen LogP contribution is -2.59. The fourth-order valence-corrected chi connectivity index (χ4v) is 4.67. The summed E-state index contributed by atoms with van der Waals surface area (Å²) in [7, 11) is 1.82. The summed E-state index contributed by atoms with van der Waals surface area (Å²) in [6.07, 6.45) is 2.27. The minimum absolute atomic E-state index is 0.00258. The van der Waals surface area contributed by atoms with Gasteiger partial charge in [0.1, 0.15) is 0 Å². The molecule has 0 aromatic rings. The third kappa shape index (κ3) is 5.53. The maximum absolute atomic E-state index is 12.6. The highest BCUT2D eigenvalue weighted by Gasteiger charge is 2.36. The largest absolute Gasteiger partial charge is 0.324 e. The van der Waals surface area contributed by atoms with Gasteiger partial charge in [0.15, 0.2) is 11.6 Å². The lowest BCUT2D eigenvalue weighted by Gasteiger charge is -2.32. The Balaban J connectivity index is 2.86. The number of likely N-dealkylation sites (N-methyl/N-ethyl adjacent to an activating group) is 1. The molecular weight excluding hydrogens is 318 g/mol. The molecule has 4 N–H and O–H groups in total. The van der Waals surface area contributed by atoms with Crippen molar-refractivity contribution in [2.75, 3.05) is 43.1 Å². The summed E-state index contributed by atoms with van der Waals surface area (Å²) >= 11 is 3.57. The molecule has 7 heteroatoms. The van der Waals surface area contributed by atoms with E-state index in [1.165, 1.54) is 0 Å². The van der Waals surface area contributed by atoms with Crippen LogP contribution in [0.15, 0.2) is 0 Å². The third-order valence-electron chi connectivity index (χ3n) is 4.22. The minimum atomic E-state index is -0.731. The van der Waals surface area contributed by atoms with E-state index in [0.29, 0.717) is 5.75 Å². The molecule has 0 aliphatic carbocycles. The summed E-state index contributed by atoms with van der Waals surface area (Å²) in [6, 6.07) is 0. The van der Waals surface area contributed by atoms with Crippen LogP contribution in [0.2, 0.25) is 0 Å². The van der Waals surface area contributed by atoms with Crippen molar-refractivity contribution < 1.29 is 9.59 Å². The Kier molecular flexibility index (Phi) is 8.42. The highest BCUT2D eigenvalue weighted by molar-refractivity contribution is 7.99. The number of carbonyl (C=O) groups is 2. The van der Waals surface area contributed by atoms with Gasteiger partial charge in [0, 0.05) is 11.5 Å². The summed E-state index contributed by atoms with van der Waals surface area (Å²) < 4.78 is 0. The highest BCUT2D eigenvalue weighted by Crippen LogP contribution is 2.20. The highest BCUT2D eigenvalue weighted by atomic mass is 32.2. The van der Waals surface area contributed by atoms with Crippen LogP contribution in [0, 0.1) is 0 Å². The first-order chi connectivity index (χ1) is 10.4. The van der Waals surface area contributed by atoms with E-state index in [4.69, 9.17) is 5.73 Å². The van der Waals surface area contributed by atoms with Gasteiger partial charge in [-0.3, -0.25) is 14.9 Å². The molecule has 2 atom stereocenters. The van der Waals surface area contributed by atoms with Crippen molar-refractivity contribution in [1.82, 2.24) is 10.6 Å². The lowest BCUT2D eigenvalue weighted by molar-refractivity contribution is -0.125. The average Bonchev–Trinajstić information content (AvgIpc) is 2.54. The Bertz CT molecular complexity index is 395. The summed E-state index contributed by atoms with van der Waals surface area (Å²) in [5.41, 5.74) is 4.25. The quantitative estimate of drug-likeness (QED) is 0.692. The van der Waals surface area contributed by atoms with Crippen molar-refractivity contribution in [2.24, 2.45) is 5.73 Å². The monoisotopic (exact) mass is 347 g/mol. The van der Waals surface area contributed by atoms with E-state index in [2.05, 4.69) is 10.6 Å². The molecule has 0 aromatic carbocycles. The number of thioether (sulfide) groups is 2. The molecule has 0 amide bonds. The van der Waals surface area contributed by atoms with Gasteiger partial charge in [-0.2, -0.15) is 23.5 Å². The van der Waals surface area contributed by atoms with Crippen molar-refractivity contribution in [1.29, 1.82) is 0 Å². The summed E-state index contributed by atoms with van der Waals surface area (Å²) in [5.74, 6) is 3.55. The molecule has 1 fully saturated rings. The van der Waals surface area contributed by atoms with Crippen LogP contribution in [-0.2, 0) is 9.59 Å². The number of Topliss-reactive ketones (excluding diaryl/α,β-unsaturated/α-hetero) is 2. The zero-order valence-electron chi connectivity index (χ0n) is 13.9. The Morgan fingerprint density at radius 2 is 1.86 bits per heavy atom. The van der Waals surface area contributed by atoms with Gasteiger partial charge >= 0.3 is 0 Å². The maximum atomic E-state index is 12.6. The topological polar surface area (TPSA) is 84.2 Å². The average molecular weight is 348 g/mol. The van der Waals surface area contributed by atoms with Gasteiger partial charge in [0.2, 0.25) is 0 Å². The minimum Gasteiger partial charge on any atom is -0.324 e. The van der Waals surface area contributed by atoms with Crippen molar-refractivity contribution >= 4 is 35.1 Å². The van der Waals surface area contributed by atoms with E-state index in [9.17, 15) is 9.59 Å². The standard InChI is InChI=1S/C15H29N3O2S2/c1-14(17-3)10-21-6-4-5-7-22-11-15(2,12(19)8-16)18-9-13(14)20/h17-18H,4-11,16H2,1-3H3/t14-,15-/m0/s1. The number of nitrogens with one attached hydrogen (secondary N) is 2. The zero-order valence-corrected chi connectivity index (χ0v) is 15.5. The van der Waals surface area contributed by atoms with Gasteiger partial charge < -0.3 is 11.1 Å². The molecule has 1 heterocycles. The molecule has 0 aromatic heterocycles. The van der Waals surface area contributed by atoms with Crippen molar-refractivity contribution in [3.05, 3.63) is 0 Å². The van der Waals surface area contributed by atoms with Gasteiger partial charge in [-0.15, -0.1) is 0 Å². The van der Waals surface area contributed by atoms with Crippen LogP contribution in [0.3, 0.4) is 0 Å². The van der Waals surface area contributed by atoms with E-state index in [1.807, 2.05) is 32.7 Å². The van der Waals surface area contributed by atoms with Crippen LogP contribution in [0.25, 0.3) is 0 Å². The van der Waals surface area contributed by atoms with Gasteiger partial charge in [-0.25, -0.2) is 0 Å². The number of hydrogen-bond acceptors (Lipinski definition) is 7. The van der Waals surface area contributed by atoms with Crippen molar-refractivity contribution in [3.63, 3.8) is 0 Å². The predicted molar refractivity (Wildman–Crippen MR) is 96.8 cm³/mol. The van der Waals surface area contributed by atoms with E-state index >= 15 is 0 Å². The molecule has 22 heavy (non-hydrogen) atoms. The molecule has 0 bridgehead atoms. The maximum Gasteiger partial charge on any atom is 0.167 e. The number of hydrogen-bond donors (Lipinski definition) is 3. The summed E-state index contributed by atoms with van der Waals surface area (Å²) in [6.45, 7) is 3.96. The van der Waals surface area contributed by atoms with Crippen LogP contribution >= 0.6 is 23.5 Å². The number of nitrogens with two attached hydrogens (primary N) is 1. The molecule has 1 saturated heterocycles. The molecule has 1 aliphatic heterocycles. The van der Waals surface area contributed by atoms with Gasteiger partial charge in [0.05, 0.1) is 24.2 Å². The van der Waals surface area contributed by atoms with Crippen LogP contribution in [0.4, 0.5) is 0 Å². The van der Waals surface area contributed by atoms with Crippen LogP contribution < -0.4 is 16.4 Å². The number of rotatable bonds is 3. The van der Waals surface area contributed by atoms with Crippen LogP contribution in [-0.4, -0.2) is 65.8 Å². The van der Waals surface area contributed by atoms with Crippen molar-refractivity contribution in [2.45, 2.75) is 37.8 Å². The fraction of sp³-hybridized carbons (Fsp3) is 0.867. The normalized spacial score (nSPS) is 32.6. The molecule has 0 unspecified atom stereocenters. The Morgan fingerprint density at radius 3 is 2.41 bits per heavy atom. The second-order valence-corrected chi connectivity index (χ2v) is 8.34. The number of ketones is 2. The van der Waals surface area contributed by atoms with Gasteiger partial charge in [-0.05, 0) is 45.2 Å². The first kappa shape index (κ1) is 20.0. The Hall–Kier alpha value is -0.0800. The zero-order chi connectivity index (χ0) is 16.6. The first-order valence-electron chi connectivity index (χ1n) is 7.74. The smallest absolute Gasteiger partial charge is 0.167 e. The van der Waals surface area contributed by atoms with E-state index in [1.54, 1.807) is 11.8 Å². The number of carbonyl (C=O) groups excluding carboxylic acids is 2. The van der Waals surface area contributed by atoms with Gasteiger partial charge in [0.25, 0.3) is 0 Å². The molecule has 1 rings (SSSR count). The molecule has 1 aliphatic rings. The fourth-order valence-electron chi connectivity index (χ4n) is 2.18. The SMILES string of the molecule is CN[C@@]1(C)CSCCCCSC[C@@](C)(C(=O)CN)NCC1=O. The molecule has 0 saturated carbocycles. The summed E-state index contributed by atoms with van der Waals surface area (Å²) in [4.78, 5) is 24.8. The van der Waals surface area contributed by atoms with Gasteiger partial charge in [-0.1, -0.05) is 0 Å². The molecular formula is C15H29N3O2S2. The van der Waals surface area contributed by atoms with Crippen LogP contribution in [0.1, 0.15) is 26.7 Å². The van der Waals surface area contributed by atoms with E-state index in [-0.39, 0.29) is 24.7 Å². The second kappa shape index (κ2) is 9.27. The third-order valence-corrected chi connectivity index (χ3v) is 6.93. The predicted octanol–water partition coefficient (Wildman–Crippen LogP) is 0.670. The Labute approximate surface area is 142 Å². The molecule has 128 valence electrons. The molecule has 0 spiro atoms. The van der Waals surface area contributed by atoms with E-state index < -0.39 is 11.1 Å². The Morgan fingerprint density at radius 1 is 1.27 bits per heavy atom. The van der Waals surface area contributed by atoms with Crippen LogP contribution in [0.5, 0.6) is 0 Å². The molecule has 5 nitrogen and oxygen atoms in total. The summed E-state index contributed by atoms with van der Waals surface area (Å²) in [5, 5.41) is 6.32. The van der Waals surface area contributed by atoms with E-state index in [0.717, 1.165) is 30.1 Å².